The summed E-state index contributed by atoms with van der Waals surface area (Å²) >= 11 is 1.57. The third-order valence-corrected chi connectivity index (χ3v) is 5.87. The van der Waals surface area contributed by atoms with E-state index in [2.05, 4.69) is 35.3 Å². The maximum atomic E-state index is 12.0. The number of benzene rings is 1. The summed E-state index contributed by atoms with van der Waals surface area (Å²) in [5.74, 6) is 1.01. The number of thiophene rings is 1. The van der Waals surface area contributed by atoms with Gasteiger partial charge in [-0.25, -0.2) is 14.8 Å². The van der Waals surface area contributed by atoms with E-state index in [1.807, 2.05) is 41.8 Å². The normalized spacial score (nSPS) is 14.3. The smallest absolute Gasteiger partial charge is 0.376 e. The predicted octanol–water partition coefficient (Wildman–Crippen LogP) is 1.78. The average Bonchev–Trinajstić information content (AvgIpc) is 3.48. The lowest BCUT2D eigenvalue weighted by atomic mass is 10.3. The van der Waals surface area contributed by atoms with Crippen LogP contribution < -0.4 is 9.80 Å². The number of carbonyl (C=O) groups is 1. The van der Waals surface area contributed by atoms with E-state index in [0.29, 0.717) is 19.0 Å². The van der Waals surface area contributed by atoms with Crippen LogP contribution in [-0.2, 0) is 4.74 Å². The monoisotopic (exact) mass is 422 g/mol. The van der Waals surface area contributed by atoms with Crippen molar-refractivity contribution < 1.29 is 9.53 Å². The molecular weight excluding hydrogens is 404 g/mol. The zero-order valence-corrected chi connectivity index (χ0v) is 17.0. The Hall–Kier alpha value is -3.60. The van der Waals surface area contributed by atoms with Crippen molar-refractivity contribution in [2.24, 2.45) is 0 Å². The molecule has 152 valence electrons. The molecule has 10 nitrogen and oxygen atoms in total. The first kappa shape index (κ1) is 18.4. The van der Waals surface area contributed by atoms with Gasteiger partial charge in [0.2, 0.25) is 11.8 Å². The fourth-order valence-electron chi connectivity index (χ4n) is 3.48. The molecule has 4 aromatic rings. The van der Waals surface area contributed by atoms with Gasteiger partial charge in [0.15, 0.2) is 5.82 Å². The minimum absolute atomic E-state index is 0.0776. The van der Waals surface area contributed by atoms with Gasteiger partial charge in [-0.2, -0.15) is 4.68 Å². The molecule has 11 heteroatoms. The lowest BCUT2D eigenvalue weighted by Gasteiger charge is -2.35. The van der Waals surface area contributed by atoms with Crippen LogP contribution in [-0.4, -0.2) is 69.4 Å². The van der Waals surface area contributed by atoms with Crippen molar-refractivity contribution in [1.29, 1.82) is 0 Å². The van der Waals surface area contributed by atoms with Gasteiger partial charge in [-0.1, -0.05) is 23.3 Å². The van der Waals surface area contributed by atoms with E-state index in [-0.39, 0.29) is 5.82 Å². The quantitative estimate of drug-likeness (QED) is 0.455. The number of esters is 1. The number of fused-ring (bicyclic) bond motifs is 1. The van der Waals surface area contributed by atoms with Crippen molar-refractivity contribution in [1.82, 2.24) is 30.2 Å². The van der Waals surface area contributed by atoms with Crippen LogP contribution >= 0.6 is 11.3 Å². The van der Waals surface area contributed by atoms with Gasteiger partial charge in [-0.05, 0) is 34.0 Å². The fraction of sp³-hybridized carbons (Fsp3) is 0.263. The minimum Gasteiger partial charge on any atom is -0.463 e. The van der Waals surface area contributed by atoms with Gasteiger partial charge in [-0.3, -0.25) is 0 Å². The van der Waals surface area contributed by atoms with Gasteiger partial charge >= 0.3 is 5.97 Å². The van der Waals surface area contributed by atoms with Crippen LogP contribution in [0.1, 0.15) is 10.6 Å². The Labute approximate surface area is 175 Å². The summed E-state index contributed by atoms with van der Waals surface area (Å²) in [6.07, 6.45) is 0. The number of hydrogen-bond acceptors (Lipinski definition) is 10. The summed E-state index contributed by atoms with van der Waals surface area (Å²) in [5, 5.41) is 14.2. The molecule has 0 spiro atoms. The molecular formula is C19H18N8O2S. The first-order valence-electron chi connectivity index (χ1n) is 9.42. The van der Waals surface area contributed by atoms with Gasteiger partial charge in [0.25, 0.3) is 0 Å². The van der Waals surface area contributed by atoms with E-state index in [1.54, 1.807) is 16.0 Å². The molecule has 4 heterocycles. The highest BCUT2D eigenvalue weighted by atomic mass is 32.1. The Morgan fingerprint density at radius 3 is 2.57 bits per heavy atom. The number of hydrogen-bond donors (Lipinski definition) is 0. The summed E-state index contributed by atoms with van der Waals surface area (Å²) in [6.45, 7) is 2.87. The minimum atomic E-state index is -0.537. The summed E-state index contributed by atoms with van der Waals surface area (Å²) in [6, 6.07) is 11.7. The molecule has 3 aromatic heterocycles. The molecule has 1 saturated heterocycles. The Morgan fingerprint density at radius 2 is 1.80 bits per heavy atom. The van der Waals surface area contributed by atoms with Gasteiger partial charge in [0.05, 0.1) is 23.0 Å². The van der Waals surface area contributed by atoms with Crippen molar-refractivity contribution >= 4 is 39.3 Å². The number of nitrogens with zero attached hydrogens (tertiary/aromatic N) is 8. The Balaban J connectivity index is 1.39. The van der Waals surface area contributed by atoms with Crippen molar-refractivity contribution in [3.8, 4) is 5.69 Å². The zero-order chi connectivity index (χ0) is 20.5. The van der Waals surface area contributed by atoms with Crippen LogP contribution in [0.15, 0.2) is 41.8 Å². The molecule has 0 saturated carbocycles. The second-order valence-electron chi connectivity index (χ2n) is 6.70. The Kier molecular flexibility index (Phi) is 4.71. The second kappa shape index (κ2) is 7.67. The van der Waals surface area contributed by atoms with Gasteiger partial charge < -0.3 is 14.5 Å². The molecule has 0 amide bonds. The van der Waals surface area contributed by atoms with Crippen LogP contribution in [0.3, 0.4) is 0 Å². The standard InChI is InChI=1S/C19H18N8O2S/c1-29-18(28)16-20-14-7-12-30-15(14)17(21-16)25-8-10-26(11-9-25)19-22-23-24-27(19)13-5-3-2-4-6-13/h2-7,12H,8-11H2,1H3. The SMILES string of the molecule is COC(=O)c1nc(N2CCN(c3nnnn3-c3ccccc3)CC2)c2sccc2n1. The molecule has 1 fully saturated rings. The van der Waals surface area contributed by atoms with Crippen LogP contribution in [0.25, 0.3) is 15.9 Å². The van der Waals surface area contributed by atoms with E-state index in [0.717, 1.165) is 34.8 Å². The third-order valence-electron chi connectivity index (χ3n) is 4.97. The number of para-hydroxylation sites is 1. The number of ether oxygens (including phenoxy) is 1. The van der Waals surface area contributed by atoms with Gasteiger partial charge in [-0.15, -0.1) is 11.3 Å². The Morgan fingerprint density at radius 1 is 1.03 bits per heavy atom. The number of carbonyl (C=O) groups excluding carboxylic acids is 1. The summed E-state index contributed by atoms with van der Waals surface area (Å²) in [7, 11) is 1.33. The molecule has 1 aliphatic rings. The van der Waals surface area contributed by atoms with Crippen LogP contribution in [0.2, 0.25) is 0 Å². The van der Waals surface area contributed by atoms with E-state index in [9.17, 15) is 4.79 Å². The second-order valence-corrected chi connectivity index (χ2v) is 7.61. The number of anilines is 2. The number of aromatic nitrogens is 6. The molecule has 0 atom stereocenters. The van der Waals surface area contributed by atoms with Crippen molar-refractivity contribution in [3.63, 3.8) is 0 Å². The highest BCUT2D eigenvalue weighted by molar-refractivity contribution is 7.17. The molecule has 0 unspecified atom stereocenters. The number of methoxy groups -OCH3 is 1. The highest BCUT2D eigenvalue weighted by Gasteiger charge is 2.26. The molecule has 0 aliphatic carbocycles. The molecule has 0 bridgehead atoms. The number of tetrazole rings is 1. The largest absolute Gasteiger partial charge is 0.463 e. The van der Waals surface area contributed by atoms with Crippen molar-refractivity contribution in [2.75, 3.05) is 43.1 Å². The van der Waals surface area contributed by atoms with E-state index in [4.69, 9.17) is 4.74 Å². The van der Waals surface area contributed by atoms with Crippen LogP contribution in [0.4, 0.5) is 11.8 Å². The van der Waals surface area contributed by atoms with Crippen LogP contribution in [0, 0.1) is 0 Å². The lowest BCUT2D eigenvalue weighted by molar-refractivity contribution is 0.0587. The molecule has 5 rings (SSSR count). The molecule has 1 aliphatic heterocycles. The lowest BCUT2D eigenvalue weighted by Crippen LogP contribution is -2.47. The Bertz CT molecular complexity index is 1180. The van der Waals surface area contributed by atoms with Gasteiger partial charge in [0.1, 0.15) is 0 Å². The summed E-state index contributed by atoms with van der Waals surface area (Å²) in [5.41, 5.74) is 1.67. The average molecular weight is 422 g/mol. The van der Waals surface area contributed by atoms with Crippen molar-refractivity contribution in [2.45, 2.75) is 0 Å². The molecule has 0 N–H and O–H groups in total. The molecule has 1 aromatic carbocycles. The van der Waals surface area contributed by atoms with Crippen LogP contribution in [0.5, 0.6) is 0 Å². The van der Waals surface area contributed by atoms with E-state index < -0.39 is 5.97 Å². The van der Waals surface area contributed by atoms with Crippen molar-refractivity contribution in [3.05, 3.63) is 47.6 Å². The number of rotatable bonds is 4. The molecule has 0 radical (unpaired) electrons. The van der Waals surface area contributed by atoms with E-state index in [1.165, 1.54) is 7.11 Å². The number of piperazine rings is 1. The van der Waals surface area contributed by atoms with E-state index >= 15 is 0 Å². The van der Waals surface area contributed by atoms with Gasteiger partial charge in [0, 0.05) is 26.2 Å². The first-order chi connectivity index (χ1) is 14.7. The first-order valence-corrected chi connectivity index (χ1v) is 10.3. The summed E-state index contributed by atoms with van der Waals surface area (Å²) in [4.78, 5) is 25.1. The highest BCUT2D eigenvalue weighted by Crippen LogP contribution is 2.30. The predicted molar refractivity (Wildman–Crippen MR) is 112 cm³/mol. The third kappa shape index (κ3) is 3.22. The topological polar surface area (TPSA) is 102 Å². The fourth-order valence-corrected chi connectivity index (χ4v) is 4.33. The summed E-state index contributed by atoms with van der Waals surface area (Å²) < 4.78 is 7.52. The maximum absolute atomic E-state index is 12.0. The molecule has 30 heavy (non-hydrogen) atoms. The zero-order valence-electron chi connectivity index (χ0n) is 16.2. The maximum Gasteiger partial charge on any atom is 0.376 e.